The molecule has 0 saturated carbocycles. The first-order chi connectivity index (χ1) is 10.3. The van der Waals surface area contributed by atoms with Crippen LogP contribution >= 0.6 is 0 Å². The van der Waals surface area contributed by atoms with Gasteiger partial charge < -0.3 is 10.6 Å². The van der Waals surface area contributed by atoms with Crippen molar-refractivity contribution in [2.45, 2.75) is 52.0 Å². The summed E-state index contributed by atoms with van der Waals surface area (Å²) in [5.74, 6) is -0.0242. The van der Waals surface area contributed by atoms with E-state index >= 15 is 0 Å². The van der Waals surface area contributed by atoms with Crippen LogP contribution in [0.25, 0.3) is 0 Å². The topological polar surface area (TPSA) is 58.2 Å². The van der Waals surface area contributed by atoms with Gasteiger partial charge in [-0.2, -0.15) is 0 Å². The number of carbonyl (C=O) groups excluding carboxylic acids is 2. The molecule has 2 rings (SSSR count). The molecule has 1 heterocycles. The highest BCUT2D eigenvalue weighted by atomic mass is 16.2. The summed E-state index contributed by atoms with van der Waals surface area (Å²) in [4.78, 5) is 24.1. The van der Waals surface area contributed by atoms with Gasteiger partial charge in [0.1, 0.15) is 0 Å². The fourth-order valence-corrected chi connectivity index (χ4v) is 2.70. The second kappa shape index (κ2) is 7.05. The highest BCUT2D eigenvalue weighted by Gasteiger charge is 2.16. The van der Waals surface area contributed by atoms with Crippen LogP contribution in [-0.2, 0) is 17.6 Å². The van der Waals surface area contributed by atoms with Gasteiger partial charge in [0.05, 0.1) is 0 Å². The summed E-state index contributed by atoms with van der Waals surface area (Å²) in [5.41, 5.74) is 3.06. The quantitative estimate of drug-likeness (QED) is 0.839. The molecule has 0 spiro atoms. The maximum Gasteiger partial charge on any atom is 0.220 e. The number of nitrogens with one attached hydrogen (secondary N) is 2. The normalized spacial score (nSPS) is 14.9. The summed E-state index contributed by atoms with van der Waals surface area (Å²) >= 11 is 0. The summed E-state index contributed by atoms with van der Waals surface area (Å²) in [6.07, 6.45) is 2.48. The van der Waals surface area contributed by atoms with Crippen LogP contribution in [-0.4, -0.2) is 30.3 Å². The number of hydrogen-bond acceptors (Lipinski definition) is 3. The fraction of sp³-hybridized carbons (Fsp3) is 0.556. The van der Waals surface area contributed by atoms with Crippen LogP contribution in [0.15, 0.2) is 18.2 Å². The standard InChI is InChI=1S/C18H26N2O2/c1-18(2,3)20-17(22)7-6-16(21)15-5-4-13-8-10-19-11-9-14(13)12-15/h4-5,12,19H,6-11H2,1-3H3,(H,20,22). The first-order valence-corrected chi connectivity index (χ1v) is 8.02. The minimum atomic E-state index is -0.253. The zero-order valence-corrected chi connectivity index (χ0v) is 13.8. The predicted molar refractivity (Wildman–Crippen MR) is 88.2 cm³/mol. The van der Waals surface area contributed by atoms with Crippen LogP contribution < -0.4 is 10.6 Å². The molecule has 0 atom stereocenters. The first-order valence-electron chi connectivity index (χ1n) is 8.02. The lowest BCUT2D eigenvalue weighted by atomic mass is 9.97. The summed E-state index contributed by atoms with van der Waals surface area (Å²) in [5, 5.41) is 6.25. The molecular formula is C18H26N2O2. The maximum atomic E-state index is 12.3. The minimum Gasteiger partial charge on any atom is -0.351 e. The van der Waals surface area contributed by atoms with Gasteiger partial charge in [-0.25, -0.2) is 0 Å². The van der Waals surface area contributed by atoms with Crippen LogP contribution in [0.2, 0.25) is 0 Å². The van der Waals surface area contributed by atoms with Crippen LogP contribution in [0.3, 0.4) is 0 Å². The van der Waals surface area contributed by atoms with Gasteiger partial charge in [0.15, 0.2) is 5.78 Å². The van der Waals surface area contributed by atoms with E-state index in [4.69, 9.17) is 0 Å². The molecule has 0 unspecified atom stereocenters. The van der Waals surface area contributed by atoms with Crippen LogP contribution in [0.5, 0.6) is 0 Å². The second-order valence-electron chi connectivity index (χ2n) is 6.95. The average Bonchev–Trinajstić information content (AvgIpc) is 2.67. The van der Waals surface area contributed by atoms with Gasteiger partial charge in [-0.1, -0.05) is 12.1 Å². The SMILES string of the molecule is CC(C)(C)NC(=O)CCC(=O)c1ccc2c(c1)CCNCC2. The zero-order valence-electron chi connectivity index (χ0n) is 13.8. The Hall–Kier alpha value is -1.68. The highest BCUT2D eigenvalue weighted by Crippen LogP contribution is 2.17. The Morgan fingerprint density at radius 2 is 1.77 bits per heavy atom. The molecule has 0 saturated heterocycles. The van der Waals surface area contributed by atoms with E-state index in [1.165, 1.54) is 11.1 Å². The first kappa shape index (κ1) is 16.7. The summed E-state index contributed by atoms with van der Waals surface area (Å²) in [6.45, 7) is 7.76. The number of ketones is 1. The van der Waals surface area contributed by atoms with E-state index in [1.807, 2.05) is 32.9 Å². The number of amides is 1. The van der Waals surface area contributed by atoms with Gasteiger partial charge in [-0.15, -0.1) is 0 Å². The average molecular weight is 302 g/mol. The third-order valence-electron chi connectivity index (χ3n) is 3.76. The van der Waals surface area contributed by atoms with Crippen molar-refractivity contribution in [3.05, 3.63) is 34.9 Å². The van der Waals surface area contributed by atoms with Crippen LogP contribution in [0.1, 0.15) is 55.1 Å². The van der Waals surface area contributed by atoms with Crippen molar-refractivity contribution >= 4 is 11.7 Å². The molecule has 2 N–H and O–H groups in total. The maximum absolute atomic E-state index is 12.3. The molecule has 1 amide bonds. The number of hydrogen-bond donors (Lipinski definition) is 2. The van der Waals surface area contributed by atoms with Gasteiger partial charge in [0.25, 0.3) is 0 Å². The van der Waals surface area contributed by atoms with Crippen molar-refractivity contribution in [2.24, 2.45) is 0 Å². The van der Waals surface area contributed by atoms with Crippen LogP contribution in [0, 0.1) is 0 Å². The summed E-state index contributed by atoms with van der Waals surface area (Å²) < 4.78 is 0. The highest BCUT2D eigenvalue weighted by molar-refractivity contribution is 5.98. The molecule has 22 heavy (non-hydrogen) atoms. The predicted octanol–water partition coefficient (Wildman–Crippen LogP) is 2.25. The van der Waals surface area contributed by atoms with E-state index in [0.29, 0.717) is 0 Å². The molecule has 1 aromatic carbocycles. The smallest absolute Gasteiger partial charge is 0.220 e. The Kier molecular flexibility index (Phi) is 5.35. The van der Waals surface area contributed by atoms with Crippen molar-refractivity contribution in [1.82, 2.24) is 10.6 Å². The van der Waals surface area contributed by atoms with Crippen molar-refractivity contribution < 1.29 is 9.59 Å². The van der Waals surface area contributed by atoms with Gasteiger partial charge in [-0.05, 0) is 63.9 Å². The van der Waals surface area contributed by atoms with E-state index in [-0.39, 0.29) is 30.1 Å². The molecular weight excluding hydrogens is 276 g/mol. The Morgan fingerprint density at radius 1 is 1.09 bits per heavy atom. The molecule has 1 aliphatic rings. The largest absolute Gasteiger partial charge is 0.351 e. The number of fused-ring (bicyclic) bond motifs is 1. The van der Waals surface area contributed by atoms with Gasteiger partial charge in [-0.3, -0.25) is 9.59 Å². The molecule has 1 aliphatic heterocycles. The Labute approximate surface area is 132 Å². The molecule has 0 fully saturated rings. The molecule has 0 bridgehead atoms. The van der Waals surface area contributed by atoms with Crippen molar-refractivity contribution in [2.75, 3.05) is 13.1 Å². The number of Topliss-reactive ketones (excluding diaryl/α,β-unsaturated/α-hetero) is 1. The van der Waals surface area contributed by atoms with Crippen molar-refractivity contribution in [3.8, 4) is 0 Å². The monoisotopic (exact) mass is 302 g/mol. The number of benzene rings is 1. The second-order valence-corrected chi connectivity index (χ2v) is 6.95. The van der Waals surface area contributed by atoms with E-state index in [2.05, 4.69) is 16.7 Å². The van der Waals surface area contributed by atoms with Gasteiger partial charge in [0, 0.05) is 23.9 Å². The molecule has 0 aliphatic carbocycles. The lowest BCUT2D eigenvalue weighted by Gasteiger charge is -2.20. The van der Waals surface area contributed by atoms with E-state index in [0.717, 1.165) is 31.5 Å². The Balaban J connectivity index is 1.95. The molecule has 0 aromatic heterocycles. The van der Waals surface area contributed by atoms with Gasteiger partial charge in [0.2, 0.25) is 5.91 Å². The lowest BCUT2D eigenvalue weighted by molar-refractivity contribution is -0.122. The van der Waals surface area contributed by atoms with Crippen molar-refractivity contribution in [1.29, 1.82) is 0 Å². The fourth-order valence-electron chi connectivity index (χ4n) is 2.70. The molecule has 1 aromatic rings. The minimum absolute atomic E-state index is 0.0454. The van der Waals surface area contributed by atoms with E-state index in [9.17, 15) is 9.59 Å². The van der Waals surface area contributed by atoms with E-state index < -0.39 is 0 Å². The Bertz CT molecular complexity index is 559. The Morgan fingerprint density at radius 3 is 2.45 bits per heavy atom. The molecule has 120 valence electrons. The molecule has 4 heteroatoms. The lowest BCUT2D eigenvalue weighted by Crippen LogP contribution is -2.40. The van der Waals surface area contributed by atoms with Crippen molar-refractivity contribution in [3.63, 3.8) is 0 Å². The van der Waals surface area contributed by atoms with Crippen LogP contribution in [0.4, 0.5) is 0 Å². The van der Waals surface area contributed by atoms with E-state index in [1.54, 1.807) is 0 Å². The third kappa shape index (κ3) is 4.95. The molecule has 0 radical (unpaired) electrons. The van der Waals surface area contributed by atoms with Gasteiger partial charge >= 0.3 is 0 Å². The number of carbonyl (C=O) groups is 2. The zero-order chi connectivity index (χ0) is 16.2. The third-order valence-corrected chi connectivity index (χ3v) is 3.76. The summed E-state index contributed by atoms with van der Waals surface area (Å²) in [6, 6.07) is 5.96. The summed E-state index contributed by atoms with van der Waals surface area (Å²) in [7, 11) is 0. The molecule has 4 nitrogen and oxygen atoms in total. The number of rotatable bonds is 4.